The van der Waals surface area contributed by atoms with Gasteiger partial charge >= 0.3 is 0 Å². The topological polar surface area (TPSA) is 9.23 Å². The van der Waals surface area contributed by atoms with E-state index in [2.05, 4.69) is 38.1 Å². The minimum Gasteiger partial charge on any atom is -0.482 e. The molecule has 1 heterocycles. The molecule has 0 unspecified atom stereocenters. The molecule has 3 heteroatoms. The molecule has 0 bridgehead atoms. The van der Waals surface area contributed by atoms with Crippen molar-refractivity contribution in [1.82, 2.24) is 0 Å². The zero-order valence-corrected chi connectivity index (χ0v) is 17.5. The molecular formula is C27H20ClFO. The lowest BCUT2D eigenvalue weighted by atomic mass is 9.83. The molecule has 1 aliphatic heterocycles. The molecule has 0 amide bonds. The summed E-state index contributed by atoms with van der Waals surface area (Å²) in [6.07, 6.45) is 0. The molecule has 30 heavy (non-hydrogen) atoms. The number of ether oxygens (including phenoxy) is 1. The summed E-state index contributed by atoms with van der Waals surface area (Å²) in [6.45, 7) is 4.18. The van der Waals surface area contributed by atoms with Crippen LogP contribution >= 0.6 is 11.6 Å². The van der Waals surface area contributed by atoms with Gasteiger partial charge in [-0.1, -0.05) is 60.1 Å². The molecule has 0 atom stereocenters. The zero-order chi connectivity index (χ0) is 20.9. The van der Waals surface area contributed by atoms with Crippen LogP contribution in [0.4, 0.5) is 4.39 Å². The maximum Gasteiger partial charge on any atom is 0.129 e. The maximum atomic E-state index is 13.5. The molecule has 148 valence electrons. The summed E-state index contributed by atoms with van der Waals surface area (Å²) in [5.74, 6) is 0.648. The number of para-hydroxylation sites is 1. The Morgan fingerprint density at radius 2 is 1.40 bits per heavy atom. The van der Waals surface area contributed by atoms with Crippen molar-refractivity contribution in [2.24, 2.45) is 0 Å². The van der Waals surface area contributed by atoms with Crippen LogP contribution < -0.4 is 4.74 Å². The highest BCUT2D eigenvalue weighted by Gasteiger charge is 2.32. The Hall–Kier alpha value is -3.10. The van der Waals surface area contributed by atoms with Gasteiger partial charge < -0.3 is 4.74 Å². The highest BCUT2D eigenvalue weighted by atomic mass is 35.5. The Morgan fingerprint density at radius 1 is 0.700 bits per heavy atom. The van der Waals surface area contributed by atoms with Gasteiger partial charge in [0.05, 0.1) is 0 Å². The summed E-state index contributed by atoms with van der Waals surface area (Å²) in [5.41, 5.74) is 6.98. The molecule has 0 spiro atoms. The van der Waals surface area contributed by atoms with E-state index < -0.39 is 5.60 Å². The first-order valence-corrected chi connectivity index (χ1v) is 10.3. The fourth-order valence-electron chi connectivity index (χ4n) is 4.19. The fraction of sp³-hybridized carbons (Fsp3) is 0.111. The van der Waals surface area contributed by atoms with Crippen LogP contribution in [-0.2, 0) is 5.60 Å². The minimum absolute atomic E-state index is 0.256. The Morgan fingerprint density at radius 3 is 2.20 bits per heavy atom. The molecule has 1 nitrogen and oxygen atoms in total. The molecule has 4 aromatic rings. The van der Waals surface area contributed by atoms with E-state index in [0.29, 0.717) is 5.02 Å². The monoisotopic (exact) mass is 414 g/mol. The van der Waals surface area contributed by atoms with Crippen molar-refractivity contribution in [2.45, 2.75) is 19.4 Å². The molecule has 0 saturated carbocycles. The molecule has 0 aromatic heterocycles. The van der Waals surface area contributed by atoms with E-state index in [1.54, 1.807) is 12.1 Å². The largest absolute Gasteiger partial charge is 0.482 e. The van der Waals surface area contributed by atoms with E-state index in [1.807, 2.05) is 36.4 Å². The Bertz CT molecular complexity index is 1260. The highest BCUT2D eigenvalue weighted by Crippen LogP contribution is 2.46. The predicted molar refractivity (Wildman–Crippen MR) is 121 cm³/mol. The Balaban J connectivity index is 1.70. The van der Waals surface area contributed by atoms with Crippen LogP contribution in [0, 0.1) is 5.82 Å². The van der Waals surface area contributed by atoms with Crippen LogP contribution in [0.15, 0.2) is 84.9 Å². The molecule has 4 aromatic carbocycles. The maximum absolute atomic E-state index is 13.5. The lowest BCUT2D eigenvalue weighted by molar-refractivity contribution is 0.106. The number of hydrogen-bond acceptors (Lipinski definition) is 1. The van der Waals surface area contributed by atoms with Crippen molar-refractivity contribution in [3.05, 3.63) is 101 Å². The van der Waals surface area contributed by atoms with E-state index in [9.17, 15) is 4.39 Å². The number of fused-ring (bicyclic) bond motifs is 3. The molecule has 0 N–H and O–H groups in total. The SMILES string of the molecule is CC1(C)Oc2ccccc2-c2ccc(-c3ccc(Cl)cc3-c3ccc(F)cc3)cc21. The van der Waals surface area contributed by atoms with Gasteiger partial charge in [0.1, 0.15) is 17.2 Å². The van der Waals surface area contributed by atoms with Gasteiger partial charge in [0.15, 0.2) is 0 Å². The van der Waals surface area contributed by atoms with E-state index in [-0.39, 0.29) is 5.82 Å². The number of benzene rings is 4. The standard InChI is InChI=1S/C27H20ClFO/c1-27(2)25-15-18(9-13-22(25)23-5-3-4-6-26(23)30-27)21-14-10-19(28)16-24(21)17-7-11-20(29)12-8-17/h3-16H,1-2H3. The van der Waals surface area contributed by atoms with Gasteiger partial charge in [-0.25, -0.2) is 4.39 Å². The van der Waals surface area contributed by atoms with Gasteiger partial charge in [-0.05, 0) is 78.1 Å². The zero-order valence-electron chi connectivity index (χ0n) is 16.7. The average molecular weight is 415 g/mol. The third-order valence-electron chi connectivity index (χ3n) is 5.66. The van der Waals surface area contributed by atoms with Crippen LogP contribution in [0.2, 0.25) is 5.02 Å². The number of halogens is 2. The van der Waals surface area contributed by atoms with Crippen molar-refractivity contribution >= 4 is 11.6 Å². The van der Waals surface area contributed by atoms with Crippen molar-refractivity contribution in [3.63, 3.8) is 0 Å². The van der Waals surface area contributed by atoms with Gasteiger partial charge in [-0.3, -0.25) is 0 Å². The average Bonchev–Trinajstić information content (AvgIpc) is 2.74. The quantitative estimate of drug-likeness (QED) is 0.322. The first-order valence-electron chi connectivity index (χ1n) is 9.91. The summed E-state index contributed by atoms with van der Waals surface area (Å²) >= 11 is 6.31. The molecule has 0 aliphatic carbocycles. The summed E-state index contributed by atoms with van der Waals surface area (Å²) < 4.78 is 19.8. The summed E-state index contributed by atoms with van der Waals surface area (Å²) in [5, 5.41) is 0.647. The lowest BCUT2D eigenvalue weighted by Crippen LogP contribution is -2.29. The lowest BCUT2D eigenvalue weighted by Gasteiger charge is -2.35. The molecule has 5 rings (SSSR count). The molecule has 0 radical (unpaired) electrons. The van der Waals surface area contributed by atoms with Gasteiger partial charge in [-0.2, -0.15) is 0 Å². The van der Waals surface area contributed by atoms with Crippen LogP contribution in [0.25, 0.3) is 33.4 Å². The molecular weight excluding hydrogens is 395 g/mol. The van der Waals surface area contributed by atoms with E-state index in [0.717, 1.165) is 39.1 Å². The van der Waals surface area contributed by atoms with Gasteiger partial charge in [0.2, 0.25) is 0 Å². The fourth-order valence-corrected chi connectivity index (χ4v) is 4.36. The van der Waals surface area contributed by atoms with Crippen molar-refractivity contribution in [1.29, 1.82) is 0 Å². The minimum atomic E-state index is -0.456. The van der Waals surface area contributed by atoms with E-state index in [1.165, 1.54) is 17.7 Å². The van der Waals surface area contributed by atoms with Crippen LogP contribution in [0.5, 0.6) is 5.75 Å². The second-order valence-corrected chi connectivity index (χ2v) is 8.50. The third-order valence-corrected chi connectivity index (χ3v) is 5.89. The number of hydrogen-bond donors (Lipinski definition) is 0. The first-order chi connectivity index (χ1) is 14.4. The Labute approximate surface area is 180 Å². The van der Waals surface area contributed by atoms with Gasteiger partial charge in [0, 0.05) is 16.1 Å². The molecule has 0 fully saturated rings. The van der Waals surface area contributed by atoms with Gasteiger partial charge in [0.25, 0.3) is 0 Å². The van der Waals surface area contributed by atoms with Crippen LogP contribution in [0.1, 0.15) is 19.4 Å². The second-order valence-electron chi connectivity index (χ2n) is 8.07. The first kappa shape index (κ1) is 18.9. The van der Waals surface area contributed by atoms with E-state index in [4.69, 9.17) is 16.3 Å². The molecule has 1 aliphatic rings. The summed E-state index contributed by atoms with van der Waals surface area (Å²) in [6, 6.07) is 27.0. The second kappa shape index (κ2) is 7.00. The van der Waals surface area contributed by atoms with Gasteiger partial charge in [-0.15, -0.1) is 0 Å². The number of rotatable bonds is 2. The van der Waals surface area contributed by atoms with E-state index >= 15 is 0 Å². The highest BCUT2D eigenvalue weighted by molar-refractivity contribution is 6.31. The normalized spacial score (nSPS) is 13.9. The van der Waals surface area contributed by atoms with Crippen LogP contribution in [-0.4, -0.2) is 0 Å². The third kappa shape index (κ3) is 3.18. The van der Waals surface area contributed by atoms with Crippen molar-refractivity contribution in [3.8, 4) is 39.1 Å². The van der Waals surface area contributed by atoms with Crippen LogP contribution in [0.3, 0.4) is 0 Å². The summed E-state index contributed by atoms with van der Waals surface area (Å²) in [7, 11) is 0. The van der Waals surface area contributed by atoms with Crippen molar-refractivity contribution < 1.29 is 9.13 Å². The van der Waals surface area contributed by atoms with Crippen molar-refractivity contribution in [2.75, 3.05) is 0 Å². The smallest absolute Gasteiger partial charge is 0.129 e. The molecule has 0 saturated heterocycles. The summed E-state index contributed by atoms with van der Waals surface area (Å²) in [4.78, 5) is 0. The predicted octanol–water partition coefficient (Wildman–Crippen LogP) is 8.11. The Kier molecular flexibility index (Phi) is 4.41.